The Balaban J connectivity index is 1.75. The quantitative estimate of drug-likeness (QED) is 0.796. The van der Waals surface area contributed by atoms with Gasteiger partial charge in [0.05, 0.1) is 0 Å². The first-order valence-electron chi connectivity index (χ1n) is 9.55. The number of hydrogen-bond donors (Lipinski definition) is 1. The Bertz CT molecular complexity index is 955. The minimum atomic E-state index is -0.799. The average Bonchev–Trinajstić information content (AvgIpc) is 2.86. The predicted octanol–water partition coefficient (Wildman–Crippen LogP) is 4.64. The Morgan fingerprint density at radius 2 is 1.66 bits per heavy atom. The number of hydrogen-bond acceptors (Lipinski definition) is 3. The van der Waals surface area contributed by atoms with Gasteiger partial charge in [-0.05, 0) is 49.1 Å². The van der Waals surface area contributed by atoms with Gasteiger partial charge in [-0.2, -0.15) is 0 Å². The molecule has 0 saturated carbocycles. The first-order chi connectivity index (χ1) is 13.5. The summed E-state index contributed by atoms with van der Waals surface area (Å²) in [4.78, 5) is 31.6. The third-order valence-electron chi connectivity index (χ3n) is 4.95. The molecular formula is C23H26ClN3O2. The van der Waals surface area contributed by atoms with Crippen molar-refractivity contribution >= 4 is 34.8 Å². The Labute approximate surface area is 176 Å². The fourth-order valence-electron chi connectivity index (χ4n) is 3.22. The highest BCUT2D eigenvalue weighted by atomic mass is 35.5. The van der Waals surface area contributed by atoms with Gasteiger partial charge in [-0.3, -0.25) is 14.6 Å². The molecule has 5 nitrogen and oxygen atoms in total. The molecule has 1 N–H and O–H groups in total. The van der Waals surface area contributed by atoms with E-state index in [0.717, 1.165) is 5.56 Å². The highest BCUT2D eigenvalue weighted by Gasteiger charge is 2.41. The molecule has 1 heterocycles. The van der Waals surface area contributed by atoms with Crippen LogP contribution in [0.15, 0.2) is 53.5 Å². The zero-order chi connectivity index (χ0) is 21.4. The van der Waals surface area contributed by atoms with Gasteiger partial charge in [-0.15, -0.1) is 0 Å². The molecule has 2 aromatic rings. The Morgan fingerprint density at radius 1 is 1.07 bits per heavy atom. The summed E-state index contributed by atoms with van der Waals surface area (Å²) in [6.45, 7) is 10.0. The minimum Gasteiger partial charge on any atom is -0.325 e. The lowest BCUT2D eigenvalue weighted by Crippen LogP contribution is -2.46. The first kappa shape index (κ1) is 21.1. The van der Waals surface area contributed by atoms with Crippen LogP contribution in [0.3, 0.4) is 0 Å². The molecule has 0 radical (unpaired) electrons. The molecule has 0 atom stereocenters. The van der Waals surface area contributed by atoms with Crippen LogP contribution >= 0.6 is 11.6 Å². The van der Waals surface area contributed by atoms with Crippen molar-refractivity contribution in [2.45, 2.75) is 45.7 Å². The normalized spacial score (nSPS) is 16.0. The smallest absolute Gasteiger partial charge is 0.275 e. The minimum absolute atomic E-state index is 0.0328. The molecule has 2 amide bonds. The molecule has 0 saturated heterocycles. The Kier molecular flexibility index (Phi) is 5.54. The summed E-state index contributed by atoms with van der Waals surface area (Å²) in [7, 11) is 0. The van der Waals surface area contributed by atoms with Gasteiger partial charge in [0.25, 0.3) is 5.91 Å². The molecule has 0 aliphatic carbocycles. The molecular weight excluding hydrogens is 386 g/mol. The van der Waals surface area contributed by atoms with Crippen LogP contribution in [0.4, 0.5) is 5.69 Å². The summed E-state index contributed by atoms with van der Waals surface area (Å²) < 4.78 is 0. The van der Waals surface area contributed by atoms with E-state index >= 15 is 0 Å². The van der Waals surface area contributed by atoms with Gasteiger partial charge in [-0.25, -0.2) is 0 Å². The highest BCUT2D eigenvalue weighted by molar-refractivity contribution is 6.47. The molecule has 1 aliphatic rings. The van der Waals surface area contributed by atoms with E-state index in [1.165, 1.54) is 10.5 Å². The van der Waals surface area contributed by atoms with Crippen LogP contribution in [-0.2, 0) is 15.0 Å². The van der Waals surface area contributed by atoms with E-state index in [2.05, 4.69) is 31.1 Å². The molecule has 0 unspecified atom stereocenters. The Morgan fingerprint density at radius 3 is 2.21 bits per heavy atom. The molecule has 152 valence electrons. The second kappa shape index (κ2) is 7.64. The van der Waals surface area contributed by atoms with Crippen molar-refractivity contribution in [3.05, 3.63) is 64.7 Å². The molecule has 6 heteroatoms. The van der Waals surface area contributed by atoms with E-state index in [9.17, 15) is 9.59 Å². The number of aliphatic imine (C=N–C) groups is 1. The van der Waals surface area contributed by atoms with Crippen LogP contribution in [0.25, 0.3) is 0 Å². The maximum Gasteiger partial charge on any atom is 0.275 e. The predicted molar refractivity (Wildman–Crippen MR) is 118 cm³/mol. The van der Waals surface area contributed by atoms with Gasteiger partial charge in [0.15, 0.2) is 0 Å². The molecule has 0 bridgehead atoms. The van der Waals surface area contributed by atoms with Crippen LogP contribution in [0.1, 0.15) is 45.7 Å². The number of amides is 2. The van der Waals surface area contributed by atoms with Crippen LogP contribution in [0, 0.1) is 0 Å². The number of nitrogens with zero attached hydrogens (tertiary/aromatic N) is 2. The van der Waals surface area contributed by atoms with Gasteiger partial charge in [0.2, 0.25) is 5.91 Å². The van der Waals surface area contributed by atoms with Crippen LogP contribution in [0.5, 0.6) is 0 Å². The van der Waals surface area contributed by atoms with Gasteiger partial charge in [0, 0.05) is 16.3 Å². The number of anilines is 1. The third kappa shape index (κ3) is 4.67. The van der Waals surface area contributed by atoms with Crippen molar-refractivity contribution in [2.75, 3.05) is 11.9 Å². The lowest BCUT2D eigenvalue weighted by atomic mass is 9.86. The second-order valence-corrected chi connectivity index (χ2v) is 9.16. The Hall–Kier alpha value is -2.66. The first-order valence-corrected chi connectivity index (χ1v) is 9.93. The van der Waals surface area contributed by atoms with Crippen LogP contribution in [-0.4, -0.2) is 34.6 Å². The van der Waals surface area contributed by atoms with Crippen molar-refractivity contribution in [1.29, 1.82) is 0 Å². The maximum atomic E-state index is 13.0. The van der Waals surface area contributed by atoms with Crippen LogP contribution in [0.2, 0.25) is 5.02 Å². The standard InChI is InChI=1S/C23H26ClN3O2/c1-22(2,3)16-8-6-15(7-9-16)20-21(29)27(23(4,5)26-20)14-19(28)25-18-12-10-17(24)11-13-18/h6-13H,14H2,1-5H3,(H,25,28). The average molecular weight is 412 g/mol. The topological polar surface area (TPSA) is 61.8 Å². The van der Waals surface area contributed by atoms with E-state index in [4.69, 9.17) is 11.6 Å². The number of nitrogens with one attached hydrogen (secondary N) is 1. The van der Waals surface area contributed by atoms with E-state index in [1.807, 2.05) is 38.1 Å². The SMILES string of the molecule is CC(C)(C)c1ccc(C2=NC(C)(C)N(CC(=O)Nc3ccc(Cl)cc3)C2=O)cc1. The summed E-state index contributed by atoms with van der Waals surface area (Å²) in [6, 6.07) is 14.7. The van der Waals surface area contributed by atoms with Gasteiger partial charge in [0.1, 0.15) is 17.9 Å². The number of carbonyl (C=O) groups is 2. The number of benzene rings is 2. The largest absolute Gasteiger partial charge is 0.325 e. The lowest BCUT2D eigenvalue weighted by molar-refractivity contribution is -0.131. The summed E-state index contributed by atoms with van der Waals surface area (Å²) in [5.41, 5.74) is 2.19. The maximum absolute atomic E-state index is 13.0. The fourth-order valence-corrected chi connectivity index (χ4v) is 3.34. The van der Waals surface area contributed by atoms with Crippen molar-refractivity contribution in [2.24, 2.45) is 4.99 Å². The number of carbonyl (C=O) groups excluding carboxylic acids is 2. The van der Waals surface area contributed by atoms with E-state index < -0.39 is 5.66 Å². The molecule has 2 aromatic carbocycles. The zero-order valence-electron chi connectivity index (χ0n) is 17.4. The molecule has 0 aromatic heterocycles. The summed E-state index contributed by atoms with van der Waals surface area (Å²) in [5.74, 6) is -0.530. The lowest BCUT2D eigenvalue weighted by Gasteiger charge is -2.28. The highest BCUT2D eigenvalue weighted by Crippen LogP contribution is 2.28. The zero-order valence-corrected chi connectivity index (χ0v) is 18.2. The van der Waals surface area contributed by atoms with Crippen LogP contribution < -0.4 is 5.32 Å². The molecule has 1 aliphatic heterocycles. The molecule has 0 spiro atoms. The van der Waals surface area contributed by atoms with Gasteiger partial charge >= 0.3 is 0 Å². The van der Waals surface area contributed by atoms with Crippen molar-refractivity contribution < 1.29 is 9.59 Å². The molecule has 3 rings (SSSR count). The van der Waals surface area contributed by atoms with Crippen molar-refractivity contribution in [3.63, 3.8) is 0 Å². The van der Waals surface area contributed by atoms with E-state index in [1.54, 1.807) is 24.3 Å². The fraction of sp³-hybridized carbons (Fsp3) is 0.348. The van der Waals surface area contributed by atoms with Gasteiger partial charge in [-0.1, -0.05) is 56.6 Å². The van der Waals surface area contributed by atoms with Gasteiger partial charge < -0.3 is 10.2 Å². The summed E-state index contributed by atoms with van der Waals surface area (Å²) in [6.07, 6.45) is 0. The second-order valence-electron chi connectivity index (χ2n) is 8.73. The van der Waals surface area contributed by atoms with E-state index in [-0.39, 0.29) is 23.8 Å². The molecule has 0 fully saturated rings. The van der Waals surface area contributed by atoms with Crippen molar-refractivity contribution in [1.82, 2.24) is 4.90 Å². The van der Waals surface area contributed by atoms with E-state index in [0.29, 0.717) is 16.4 Å². The molecule has 29 heavy (non-hydrogen) atoms. The monoisotopic (exact) mass is 411 g/mol. The number of halogens is 1. The summed E-state index contributed by atoms with van der Waals surface area (Å²) in [5, 5.41) is 3.38. The number of rotatable bonds is 4. The third-order valence-corrected chi connectivity index (χ3v) is 5.20. The summed E-state index contributed by atoms with van der Waals surface area (Å²) >= 11 is 5.87. The van der Waals surface area contributed by atoms with Crippen molar-refractivity contribution in [3.8, 4) is 0 Å².